The Bertz CT molecular complexity index is 413. The molecule has 0 saturated heterocycles. The summed E-state index contributed by atoms with van der Waals surface area (Å²) in [6.45, 7) is 11.1. The molecule has 0 bridgehead atoms. The van der Waals surface area contributed by atoms with Gasteiger partial charge in [0, 0.05) is 24.8 Å². The first-order chi connectivity index (χ1) is 8.61. The van der Waals surface area contributed by atoms with Crippen molar-refractivity contribution in [2.24, 2.45) is 0 Å². The van der Waals surface area contributed by atoms with Crippen LogP contribution in [0, 0.1) is 0 Å². The van der Waals surface area contributed by atoms with Crippen LogP contribution >= 0.6 is 0 Å². The van der Waals surface area contributed by atoms with Crippen molar-refractivity contribution in [3.63, 3.8) is 0 Å². The van der Waals surface area contributed by atoms with Gasteiger partial charge >= 0.3 is 0 Å². The number of rotatable bonds is 6. The van der Waals surface area contributed by atoms with Gasteiger partial charge in [0.2, 0.25) is 0 Å². The summed E-state index contributed by atoms with van der Waals surface area (Å²) in [7, 11) is 0. The third-order valence-corrected chi connectivity index (χ3v) is 2.73. The van der Waals surface area contributed by atoms with Crippen LogP contribution in [0.25, 0.3) is 0 Å². The molecule has 0 spiro atoms. The maximum Gasteiger partial charge on any atom is 0.256 e. The maximum atomic E-state index is 12.5. The summed E-state index contributed by atoms with van der Waals surface area (Å²) >= 11 is 0. The second-order valence-corrected chi connectivity index (χ2v) is 4.42. The first kappa shape index (κ1) is 14.3. The van der Waals surface area contributed by atoms with Crippen LogP contribution in [0.1, 0.15) is 31.1 Å². The highest BCUT2D eigenvalue weighted by molar-refractivity contribution is 5.99. The second-order valence-electron chi connectivity index (χ2n) is 4.42. The molecule has 0 aromatic heterocycles. The molecule has 0 aliphatic heterocycles. The molecule has 0 radical (unpaired) electrons. The number of para-hydroxylation sites is 1. The van der Waals surface area contributed by atoms with Gasteiger partial charge in [-0.2, -0.15) is 0 Å². The largest absolute Gasteiger partial charge is 0.385 e. The van der Waals surface area contributed by atoms with E-state index in [1.165, 1.54) is 0 Å². The summed E-state index contributed by atoms with van der Waals surface area (Å²) in [5.41, 5.74) is 1.61. The third kappa shape index (κ3) is 3.36. The number of benzene rings is 1. The number of hydrogen-bond acceptors (Lipinski definition) is 2. The van der Waals surface area contributed by atoms with E-state index in [0.29, 0.717) is 6.54 Å². The molecule has 0 aliphatic carbocycles. The van der Waals surface area contributed by atoms with E-state index in [1.807, 2.05) is 49.9 Å². The first-order valence-electron chi connectivity index (χ1n) is 6.36. The number of amides is 1. The Labute approximate surface area is 109 Å². The Morgan fingerprint density at radius 2 is 2.11 bits per heavy atom. The molecule has 1 aromatic carbocycles. The Hall–Kier alpha value is -1.77. The van der Waals surface area contributed by atoms with Crippen LogP contribution in [-0.2, 0) is 0 Å². The molecule has 1 aromatic rings. The van der Waals surface area contributed by atoms with E-state index in [0.717, 1.165) is 17.8 Å². The molecule has 3 nitrogen and oxygen atoms in total. The molecule has 0 atom stereocenters. The van der Waals surface area contributed by atoms with Gasteiger partial charge in [-0.25, -0.2) is 0 Å². The Kier molecular flexibility index (Phi) is 5.43. The zero-order chi connectivity index (χ0) is 13.5. The fraction of sp³-hybridized carbons (Fsp3) is 0.400. The van der Waals surface area contributed by atoms with Crippen molar-refractivity contribution >= 4 is 11.6 Å². The second kappa shape index (κ2) is 6.84. The van der Waals surface area contributed by atoms with E-state index in [1.54, 1.807) is 6.08 Å². The molecular formula is C15H22N2O. The summed E-state index contributed by atoms with van der Waals surface area (Å²) in [6.07, 6.45) is 1.76. The van der Waals surface area contributed by atoms with Gasteiger partial charge in [-0.05, 0) is 32.9 Å². The predicted molar refractivity (Wildman–Crippen MR) is 77.0 cm³/mol. The summed E-state index contributed by atoms with van der Waals surface area (Å²) < 4.78 is 0. The zero-order valence-corrected chi connectivity index (χ0v) is 11.4. The number of anilines is 1. The lowest BCUT2D eigenvalue weighted by Gasteiger charge is -2.26. The van der Waals surface area contributed by atoms with Crippen molar-refractivity contribution in [3.8, 4) is 0 Å². The van der Waals surface area contributed by atoms with Crippen LogP contribution in [0.3, 0.4) is 0 Å². The minimum atomic E-state index is 0.0430. The molecule has 3 heteroatoms. The molecule has 0 aliphatic rings. The SMILES string of the molecule is C=CCN(C(=O)c1ccccc1NCC)C(C)C. The monoisotopic (exact) mass is 246 g/mol. The molecule has 98 valence electrons. The molecule has 0 saturated carbocycles. The smallest absolute Gasteiger partial charge is 0.256 e. The van der Waals surface area contributed by atoms with Crippen molar-refractivity contribution in [3.05, 3.63) is 42.5 Å². The Balaban J connectivity index is 3.04. The quantitative estimate of drug-likeness (QED) is 0.782. The molecule has 0 heterocycles. The van der Waals surface area contributed by atoms with Crippen molar-refractivity contribution in [1.82, 2.24) is 4.90 Å². The Morgan fingerprint density at radius 3 is 2.67 bits per heavy atom. The summed E-state index contributed by atoms with van der Waals surface area (Å²) in [6, 6.07) is 7.77. The average Bonchev–Trinajstić information content (AvgIpc) is 2.36. The van der Waals surface area contributed by atoms with Gasteiger partial charge in [0.1, 0.15) is 0 Å². The minimum absolute atomic E-state index is 0.0430. The zero-order valence-electron chi connectivity index (χ0n) is 11.4. The Morgan fingerprint density at radius 1 is 1.44 bits per heavy atom. The molecule has 18 heavy (non-hydrogen) atoms. The van der Waals surface area contributed by atoms with Gasteiger partial charge < -0.3 is 10.2 Å². The summed E-state index contributed by atoms with van der Waals surface area (Å²) in [4.78, 5) is 14.3. The molecule has 1 rings (SSSR count). The topological polar surface area (TPSA) is 32.3 Å². The number of carbonyl (C=O) groups excluding carboxylic acids is 1. The third-order valence-electron chi connectivity index (χ3n) is 2.73. The summed E-state index contributed by atoms with van der Waals surface area (Å²) in [5.74, 6) is 0.0430. The number of hydrogen-bond donors (Lipinski definition) is 1. The van der Waals surface area contributed by atoms with Gasteiger partial charge in [0.25, 0.3) is 5.91 Å². The number of nitrogens with one attached hydrogen (secondary N) is 1. The fourth-order valence-electron chi connectivity index (χ4n) is 1.84. The van der Waals surface area contributed by atoms with Crippen LogP contribution < -0.4 is 5.32 Å². The van der Waals surface area contributed by atoms with Crippen LogP contribution in [0.4, 0.5) is 5.69 Å². The van der Waals surface area contributed by atoms with Gasteiger partial charge in [-0.15, -0.1) is 6.58 Å². The lowest BCUT2D eigenvalue weighted by molar-refractivity contribution is 0.0729. The summed E-state index contributed by atoms with van der Waals surface area (Å²) in [5, 5.41) is 3.22. The van der Waals surface area contributed by atoms with Gasteiger partial charge in [0.05, 0.1) is 5.56 Å². The molecule has 1 amide bonds. The van der Waals surface area contributed by atoms with E-state index < -0.39 is 0 Å². The van der Waals surface area contributed by atoms with Crippen LogP contribution in [0.2, 0.25) is 0 Å². The van der Waals surface area contributed by atoms with E-state index in [4.69, 9.17) is 0 Å². The highest BCUT2D eigenvalue weighted by atomic mass is 16.2. The lowest BCUT2D eigenvalue weighted by Crippen LogP contribution is -2.37. The number of nitrogens with zero attached hydrogens (tertiary/aromatic N) is 1. The van der Waals surface area contributed by atoms with Crippen molar-refractivity contribution in [1.29, 1.82) is 0 Å². The van der Waals surface area contributed by atoms with Gasteiger partial charge in [0.15, 0.2) is 0 Å². The highest BCUT2D eigenvalue weighted by Gasteiger charge is 2.19. The normalized spacial score (nSPS) is 10.2. The van der Waals surface area contributed by atoms with E-state index in [2.05, 4.69) is 11.9 Å². The maximum absolute atomic E-state index is 12.5. The van der Waals surface area contributed by atoms with Gasteiger partial charge in [-0.1, -0.05) is 18.2 Å². The average molecular weight is 246 g/mol. The van der Waals surface area contributed by atoms with E-state index in [9.17, 15) is 4.79 Å². The van der Waals surface area contributed by atoms with Gasteiger partial charge in [-0.3, -0.25) is 4.79 Å². The van der Waals surface area contributed by atoms with Crippen LogP contribution in [0.5, 0.6) is 0 Å². The van der Waals surface area contributed by atoms with E-state index in [-0.39, 0.29) is 11.9 Å². The van der Waals surface area contributed by atoms with Crippen molar-refractivity contribution in [2.75, 3.05) is 18.4 Å². The predicted octanol–water partition coefficient (Wildman–Crippen LogP) is 3.16. The molecule has 0 unspecified atom stereocenters. The van der Waals surface area contributed by atoms with Crippen molar-refractivity contribution < 1.29 is 4.79 Å². The van der Waals surface area contributed by atoms with Crippen LogP contribution in [-0.4, -0.2) is 29.9 Å². The van der Waals surface area contributed by atoms with Crippen LogP contribution in [0.15, 0.2) is 36.9 Å². The first-order valence-corrected chi connectivity index (χ1v) is 6.36. The number of carbonyl (C=O) groups is 1. The van der Waals surface area contributed by atoms with Crippen molar-refractivity contribution in [2.45, 2.75) is 26.8 Å². The fourth-order valence-corrected chi connectivity index (χ4v) is 1.84. The molecule has 1 N–H and O–H groups in total. The lowest BCUT2D eigenvalue weighted by atomic mass is 10.1. The van der Waals surface area contributed by atoms with E-state index >= 15 is 0 Å². The minimum Gasteiger partial charge on any atom is -0.385 e. The highest BCUT2D eigenvalue weighted by Crippen LogP contribution is 2.18. The standard InChI is InChI=1S/C15H22N2O/c1-5-11-17(12(3)4)15(18)13-9-7-8-10-14(13)16-6-2/h5,7-10,12,16H,1,6,11H2,2-4H3. The molecular weight excluding hydrogens is 224 g/mol. The molecule has 0 fully saturated rings.